The summed E-state index contributed by atoms with van der Waals surface area (Å²) < 4.78 is 113. The first-order valence-electron chi connectivity index (χ1n) is 38.4. The molecule has 0 N–H and O–H groups in total. The maximum Gasteiger partial charge on any atom is 0.228 e. The van der Waals surface area contributed by atoms with E-state index in [1.54, 1.807) is 53.0 Å². The molecular weight excluding hydrogens is 1490 g/mol. The molecule has 2 saturated carbocycles. The van der Waals surface area contributed by atoms with Crippen LogP contribution < -0.4 is 29.4 Å². The van der Waals surface area contributed by atoms with Gasteiger partial charge in [0.25, 0.3) is 0 Å². The summed E-state index contributed by atoms with van der Waals surface area (Å²) in [5.74, 6) is -2.46. The number of aromatic nitrogens is 9. The molecule has 7 aliphatic rings. The Balaban J connectivity index is 0.000000124. The van der Waals surface area contributed by atoms with Crippen LogP contribution >= 0.6 is 34.0 Å². The van der Waals surface area contributed by atoms with Gasteiger partial charge in [-0.25, -0.2) is 54.8 Å². The number of hydrogen-bond donors (Lipinski definition) is 0. The van der Waals surface area contributed by atoms with Gasteiger partial charge in [0.1, 0.15) is 67.4 Å². The summed E-state index contributed by atoms with van der Waals surface area (Å²) in [6.07, 6.45) is 10.7. The van der Waals surface area contributed by atoms with Crippen molar-refractivity contribution in [2.24, 2.45) is 22.2 Å². The second kappa shape index (κ2) is 28.9. The minimum atomic E-state index is -0.642. The number of ether oxygens (including phenoxy) is 1. The number of nitriles is 3. The van der Waals surface area contributed by atoms with E-state index < -0.39 is 11.6 Å². The van der Waals surface area contributed by atoms with E-state index >= 15 is 13.2 Å². The molecule has 0 unspecified atom stereocenters. The molecule has 3 aromatic carbocycles. The number of nitrogens with zero attached hydrogens (tertiary/aromatic N) is 19. The zero-order valence-corrected chi connectivity index (χ0v) is 64.7. The summed E-state index contributed by atoms with van der Waals surface area (Å²) in [7, 11) is 5.54. The number of benzene rings is 3. The Bertz CT molecular complexity index is 5920. The average Bonchev–Trinajstić information content (AvgIpc) is 1.07. The van der Waals surface area contributed by atoms with Gasteiger partial charge in [-0.05, 0) is 142 Å². The molecule has 2 aliphatic carbocycles. The summed E-state index contributed by atoms with van der Waals surface area (Å²) in [5, 5.41) is 44.7. The standard InChI is InChI=1S/C30H29F2N7O2S.2C26H24F2N6S/c1-3-22-27(36(2)29-34-26(25(11-33)42-29)18-4-6-20(31)7-5-18)24-10-23(21(32)12-39(24)35-22)37-14-30(15-37)16-38(17-30)28(40)19-8-9-41-13-19;2*1-3-19-24(32(2)25-30-23(22(12-29)35-25)16-5-7-17(27)8-6-16)21-11-20(18(28)13-34(21)31-19)33-14-26(15-33)9-4-10-26/h4-7,10,12,19H,3,8-9,13-17H2,1-2H3;2*5-8,11,13H,3-4,9-10,14-15H2,1-2H3/t19-;;/m0../s1/i12D;13D;. The van der Waals surface area contributed by atoms with Crippen LogP contribution in [-0.2, 0) is 28.8 Å². The van der Waals surface area contributed by atoms with Crippen LogP contribution in [0.3, 0.4) is 0 Å². The van der Waals surface area contributed by atoms with E-state index in [1.807, 2.05) is 77.4 Å². The second-order valence-corrected chi connectivity index (χ2v) is 33.3. The number of amides is 1. The molecule has 1 atom stereocenters. The van der Waals surface area contributed by atoms with Gasteiger partial charge in [0.05, 0.1) is 102 Å². The SMILES string of the molecule is CCc1nn2cc(F)c(N3CC4(CCC4)C3)cc2c1N(C)c1nc(-c2ccc(F)cc2)c(C#N)s1.[2H]c1c(F)c(N2CC3(CCC3)C2)cc2c(N(C)c3nc(-c4ccc(F)cc4)c(C#N)s3)c(CC)nn12.[2H]c1c(F)c(N2CC3(CN(C(=O)[C@H]4CCOC4)C3)C2)cc2c(N(C)c3nc(-c4ccc(F)cc4)c(C#N)s3)c(CC)nn12. The minimum Gasteiger partial charge on any atom is -0.381 e. The van der Waals surface area contributed by atoms with Crippen LogP contribution in [0.15, 0.2) is 110 Å². The molecule has 14 heterocycles. The van der Waals surface area contributed by atoms with Gasteiger partial charge in [-0.3, -0.25) is 4.79 Å². The van der Waals surface area contributed by atoms with Crippen LogP contribution in [0.4, 0.5) is 75.9 Å². The molecule has 30 heteroatoms. The van der Waals surface area contributed by atoms with Crippen molar-refractivity contribution in [3.05, 3.63) is 176 Å². The van der Waals surface area contributed by atoms with E-state index in [2.05, 4.69) is 38.4 Å². The van der Waals surface area contributed by atoms with Gasteiger partial charge in [0.15, 0.2) is 32.8 Å². The van der Waals surface area contributed by atoms with Crippen molar-refractivity contribution >= 4 is 106 Å². The van der Waals surface area contributed by atoms with Crippen LogP contribution in [0.5, 0.6) is 0 Å². The summed E-state index contributed by atoms with van der Waals surface area (Å²) >= 11 is 3.70. The first-order valence-corrected chi connectivity index (χ1v) is 39.9. The first-order chi connectivity index (χ1) is 55.0. The lowest BCUT2D eigenvalue weighted by molar-refractivity contribution is -0.149. The number of likely N-dealkylation sites (tertiary alicyclic amines) is 1. The maximum atomic E-state index is 15.6. The predicted molar refractivity (Wildman–Crippen MR) is 422 cm³/mol. The number of halogens is 6. The number of hydrogen-bond acceptors (Lipinski definition) is 20. The van der Waals surface area contributed by atoms with Crippen molar-refractivity contribution in [2.45, 2.75) is 85.0 Å². The quantitative estimate of drug-likeness (QED) is 0.0823. The molecular formula is C82H77F6N19O2S3. The Morgan fingerprint density at radius 3 is 1.17 bits per heavy atom. The third-order valence-corrected chi connectivity index (χ3v) is 26.2. The molecule has 19 rings (SSSR count). The number of aryl methyl sites for hydroxylation is 3. The molecule has 5 saturated heterocycles. The molecule has 3 spiro atoms. The fourth-order valence-electron chi connectivity index (χ4n) is 16.8. The topological polar surface area (TPSA) is 211 Å². The maximum absolute atomic E-state index is 15.6. The molecule has 9 aromatic heterocycles. The van der Waals surface area contributed by atoms with Crippen molar-refractivity contribution in [3.63, 3.8) is 0 Å². The van der Waals surface area contributed by atoms with Crippen molar-refractivity contribution in [3.8, 4) is 52.0 Å². The number of pyridine rings is 3. The third kappa shape index (κ3) is 13.0. The molecule has 5 aliphatic heterocycles. The van der Waals surface area contributed by atoms with E-state index in [-0.39, 0.29) is 52.9 Å². The number of carbonyl (C=O) groups excluding carboxylic acids is 1. The largest absolute Gasteiger partial charge is 0.381 e. The first kappa shape index (κ1) is 71.2. The van der Waals surface area contributed by atoms with Crippen molar-refractivity contribution in [1.29, 1.82) is 15.8 Å². The fourth-order valence-corrected chi connectivity index (χ4v) is 19.4. The second-order valence-electron chi connectivity index (χ2n) is 30.4. The summed E-state index contributed by atoms with van der Waals surface area (Å²) in [5.41, 5.74) is 11.9. The van der Waals surface area contributed by atoms with Crippen LogP contribution in [0.25, 0.3) is 50.3 Å². The number of rotatable bonds is 16. The molecule has 21 nitrogen and oxygen atoms in total. The van der Waals surface area contributed by atoms with Crippen molar-refractivity contribution < 1.29 is 38.6 Å². The molecule has 112 heavy (non-hydrogen) atoms. The minimum absolute atomic E-state index is 0.0573. The highest BCUT2D eigenvalue weighted by Gasteiger charge is 2.55. The Hall–Kier alpha value is -11.1. The van der Waals surface area contributed by atoms with Gasteiger partial charge in [-0.15, -0.1) is 0 Å². The lowest BCUT2D eigenvalue weighted by Crippen LogP contribution is -2.73. The van der Waals surface area contributed by atoms with Gasteiger partial charge in [0, 0.05) is 113 Å². The van der Waals surface area contributed by atoms with Gasteiger partial charge in [-0.1, -0.05) is 67.6 Å². The Labute approximate surface area is 656 Å². The van der Waals surface area contributed by atoms with Crippen LogP contribution in [0, 0.1) is 91.1 Å². The Morgan fingerprint density at radius 1 is 0.509 bits per heavy atom. The summed E-state index contributed by atoms with van der Waals surface area (Å²) in [4.78, 5) is 41.7. The third-order valence-electron chi connectivity index (χ3n) is 23.1. The molecule has 0 bridgehead atoms. The molecule has 1 amide bonds. The normalized spacial score (nSPS) is 17.6. The number of fused-ring (bicyclic) bond motifs is 3. The van der Waals surface area contributed by atoms with Crippen molar-refractivity contribution in [1.82, 2.24) is 48.7 Å². The van der Waals surface area contributed by atoms with E-state index in [0.717, 1.165) is 55.2 Å². The lowest BCUT2D eigenvalue weighted by atomic mass is 9.63. The van der Waals surface area contributed by atoms with Crippen LogP contribution in [0.2, 0.25) is 0 Å². The lowest BCUT2D eigenvalue weighted by Gasteiger charge is -2.61. The van der Waals surface area contributed by atoms with Gasteiger partial charge < -0.3 is 39.0 Å². The van der Waals surface area contributed by atoms with Gasteiger partial charge in [0.2, 0.25) is 5.91 Å². The predicted octanol–water partition coefficient (Wildman–Crippen LogP) is 16.5. The van der Waals surface area contributed by atoms with Crippen LogP contribution in [-0.4, -0.2) is 141 Å². The van der Waals surface area contributed by atoms with Gasteiger partial charge in [-0.2, -0.15) is 31.1 Å². The number of carbonyl (C=O) groups is 1. The zero-order valence-electron chi connectivity index (χ0n) is 64.3. The molecule has 12 aromatic rings. The van der Waals surface area contributed by atoms with Crippen molar-refractivity contribution in [2.75, 3.05) is 116 Å². The summed E-state index contributed by atoms with van der Waals surface area (Å²) in [6.45, 7) is 13.0. The van der Waals surface area contributed by atoms with E-state index in [1.165, 1.54) is 124 Å². The molecule has 572 valence electrons. The molecule has 0 radical (unpaired) electrons. The fraction of sp³-hybridized carbons (Fsp3) is 0.366. The highest BCUT2D eigenvalue weighted by atomic mass is 32.1. The Kier molecular flexibility index (Phi) is 18.4. The highest BCUT2D eigenvalue weighted by molar-refractivity contribution is 7.17. The highest BCUT2D eigenvalue weighted by Crippen LogP contribution is 2.53. The Morgan fingerprint density at radius 2 is 0.848 bits per heavy atom. The number of anilines is 9. The van der Waals surface area contributed by atoms with E-state index in [4.69, 9.17) is 22.4 Å². The van der Waals surface area contributed by atoms with E-state index in [0.29, 0.717) is 178 Å². The smallest absolute Gasteiger partial charge is 0.228 e. The number of thiazole rings is 3. The zero-order chi connectivity index (χ0) is 79.6. The monoisotopic (exact) mass is 1570 g/mol. The average molecular weight is 1570 g/mol. The van der Waals surface area contributed by atoms with E-state index in [9.17, 15) is 33.8 Å². The molecule has 7 fully saturated rings. The summed E-state index contributed by atoms with van der Waals surface area (Å²) in [6, 6.07) is 29.7. The van der Waals surface area contributed by atoms with Crippen LogP contribution in [0.1, 0.15) is 100 Å². The van der Waals surface area contributed by atoms with Gasteiger partial charge >= 0.3 is 0 Å².